The zero-order chi connectivity index (χ0) is 17.1. The summed E-state index contributed by atoms with van der Waals surface area (Å²) in [4.78, 5) is 26.8. The molecule has 0 aliphatic rings. The number of thiazole rings is 1. The number of nitro benzene ring substituents is 1. The fraction of sp³-hybridized carbons (Fsp3) is 0.0667. The molecule has 0 amide bonds. The monoisotopic (exact) mass is 362 g/mol. The summed E-state index contributed by atoms with van der Waals surface area (Å²) in [7, 11) is 1.38. The van der Waals surface area contributed by atoms with E-state index in [1.807, 2.05) is 16.8 Å². The van der Waals surface area contributed by atoms with Crippen LogP contribution in [0.3, 0.4) is 0 Å². The number of esters is 1. The summed E-state index contributed by atoms with van der Waals surface area (Å²) >= 11 is 2.85. The first kappa shape index (κ1) is 16.1. The third-order valence-corrected chi connectivity index (χ3v) is 4.62. The number of thiophene rings is 1. The van der Waals surface area contributed by atoms with Gasteiger partial charge in [0.1, 0.15) is 5.01 Å². The van der Waals surface area contributed by atoms with Crippen LogP contribution in [0.2, 0.25) is 0 Å². The normalized spacial score (nSPS) is 10.4. The first-order valence-corrected chi connectivity index (χ1v) is 8.43. The number of aromatic nitrogens is 1. The van der Waals surface area contributed by atoms with Crippen LogP contribution < -0.4 is 9.47 Å². The molecule has 0 saturated carbocycles. The van der Waals surface area contributed by atoms with Crippen LogP contribution in [0, 0.1) is 10.1 Å². The molecule has 9 heteroatoms. The molecule has 3 rings (SSSR count). The van der Waals surface area contributed by atoms with E-state index in [1.54, 1.807) is 5.38 Å². The van der Waals surface area contributed by atoms with Crippen molar-refractivity contribution < 1.29 is 19.2 Å². The molecule has 0 aliphatic heterocycles. The number of ether oxygens (including phenoxy) is 2. The number of non-ortho nitro benzene ring substituents is 1. The molecule has 0 saturated heterocycles. The predicted octanol–water partition coefficient (Wildman–Crippen LogP) is 4.01. The summed E-state index contributed by atoms with van der Waals surface area (Å²) in [5.41, 5.74) is 0.863. The van der Waals surface area contributed by atoms with Crippen molar-refractivity contribution in [1.29, 1.82) is 0 Å². The van der Waals surface area contributed by atoms with E-state index in [0.717, 1.165) is 11.6 Å². The number of hydrogen-bond donors (Lipinski definition) is 0. The lowest BCUT2D eigenvalue weighted by Crippen LogP contribution is -2.10. The van der Waals surface area contributed by atoms with Gasteiger partial charge in [0, 0.05) is 22.4 Å². The van der Waals surface area contributed by atoms with Gasteiger partial charge in [-0.25, -0.2) is 9.78 Å². The van der Waals surface area contributed by atoms with Crippen LogP contribution in [0.4, 0.5) is 5.69 Å². The maximum absolute atomic E-state index is 12.2. The molecule has 3 aromatic rings. The van der Waals surface area contributed by atoms with Crippen LogP contribution in [0.15, 0.2) is 40.4 Å². The Labute approximate surface area is 144 Å². The molecule has 0 spiro atoms. The van der Waals surface area contributed by atoms with Crippen LogP contribution in [0.25, 0.3) is 10.6 Å². The second-order valence-corrected chi connectivity index (χ2v) is 6.17. The lowest BCUT2D eigenvalue weighted by molar-refractivity contribution is -0.384. The molecular weight excluding hydrogens is 352 g/mol. The van der Waals surface area contributed by atoms with Crippen LogP contribution in [0.1, 0.15) is 10.5 Å². The Hall–Kier alpha value is -2.78. The van der Waals surface area contributed by atoms with Crippen molar-refractivity contribution in [2.75, 3.05) is 7.11 Å². The minimum absolute atomic E-state index is 0.0261. The summed E-state index contributed by atoms with van der Waals surface area (Å²) in [6, 6.07) is 5.69. The number of rotatable bonds is 5. The van der Waals surface area contributed by atoms with Crippen LogP contribution in [0.5, 0.6) is 11.5 Å². The summed E-state index contributed by atoms with van der Waals surface area (Å²) < 4.78 is 10.3. The van der Waals surface area contributed by atoms with Crippen LogP contribution in [-0.2, 0) is 0 Å². The van der Waals surface area contributed by atoms with Gasteiger partial charge < -0.3 is 9.47 Å². The van der Waals surface area contributed by atoms with Crippen molar-refractivity contribution in [3.05, 3.63) is 56.2 Å². The Morgan fingerprint density at radius 3 is 2.75 bits per heavy atom. The van der Waals surface area contributed by atoms with Gasteiger partial charge in [0.2, 0.25) is 0 Å². The first-order chi connectivity index (χ1) is 11.6. The molecular formula is C15H10N2O5S2. The highest BCUT2D eigenvalue weighted by atomic mass is 32.1. The second-order valence-electron chi connectivity index (χ2n) is 4.53. The van der Waals surface area contributed by atoms with Crippen molar-refractivity contribution in [1.82, 2.24) is 4.98 Å². The van der Waals surface area contributed by atoms with Crippen molar-refractivity contribution in [3.8, 4) is 22.1 Å². The van der Waals surface area contributed by atoms with Gasteiger partial charge in [0.05, 0.1) is 18.1 Å². The van der Waals surface area contributed by atoms with Gasteiger partial charge in [-0.3, -0.25) is 10.1 Å². The lowest BCUT2D eigenvalue weighted by atomic mass is 10.3. The van der Waals surface area contributed by atoms with E-state index in [1.165, 1.54) is 41.9 Å². The van der Waals surface area contributed by atoms with E-state index in [4.69, 9.17) is 9.47 Å². The van der Waals surface area contributed by atoms with Crippen molar-refractivity contribution in [2.24, 2.45) is 0 Å². The van der Waals surface area contributed by atoms with E-state index in [-0.39, 0.29) is 22.9 Å². The highest BCUT2D eigenvalue weighted by Crippen LogP contribution is 2.32. The third kappa shape index (κ3) is 3.26. The molecule has 24 heavy (non-hydrogen) atoms. The molecule has 0 aliphatic carbocycles. The summed E-state index contributed by atoms with van der Waals surface area (Å²) in [6.45, 7) is 0. The number of nitrogens with zero attached hydrogens (tertiary/aromatic N) is 2. The molecule has 0 N–H and O–H groups in total. The predicted molar refractivity (Wildman–Crippen MR) is 90.0 cm³/mol. The van der Waals surface area contributed by atoms with E-state index in [0.29, 0.717) is 5.01 Å². The van der Waals surface area contributed by atoms with Gasteiger partial charge in [-0.05, 0) is 17.5 Å². The summed E-state index contributed by atoms with van der Waals surface area (Å²) in [6.07, 6.45) is 0. The molecule has 2 heterocycles. The summed E-state index contributed by atoms with van der Waals surface area (Å²) in [5, 5.41) is 17.0. The Morgan fingerprint density at radius 2 is 2.08 bits per heavy atom. The van der Waals surface area contributed by atoms with Crippen LogP contribution >= 0.6 is 22.7 Å². The Kier molecular flexibility index (Phi) is 4.54. The average Bonchev–Trinajstić information content (AvgIpc) is 3.25. The molecule has 0 atom stereocenters. The minimum atomic E-state index is -0.702. The molecule has 0 bridgehead atoms. The highest BCUT2D eigenvalue weighted by Gasteiger charge is 2.19. The average molecular weight is 362 g/mol. The van der Waals surface area contributed by atoms with Gasteiger partial charge in [-0.2, -0.15) is 11.3 Å². The number of hydrogen-bond acceptors (Lipinski definition) is 8. The quantitative estimate of drug-likeness (QED) is 0.295. The first-order valence-electron chi connectivity index (χ1n) is 6.61. The van der Waals surface area contributed by atoms with Crippen LogP contribution in [-0.4, -0.2) is 23.0 Å². The topological polar surface area (TPSA) is 91.6 Å². The number of methoxy groups -OCH3 is 1. The van der Waals surface area contributed by atoms with Gasteiger partial charge in [-0.15, -0.1) is 11.3 Å². The van der Waals surface area contributed by atoms with Gasteiger partial charge in [0.15, 0.2) is 17.2 Å². The number of nitro groups is 1. The van der Waals surface area contributed by atoms with Crippen molar-refractivity contribution in [2.45, 2.75) is 0 Å². The zero-order valence-electron chi connectivity index (χ0n) is 12.3. The maximum atomic E-state index is 12.2. The maximum Gasteiger partial charge on any atom is 0.363 e. The van der Waals surface area contributed by atoms with Gasteiger partial charge >= 0.3 is 5.97 Å². The van der Waals surface area contributed by atoms with Crippen molar-refractivity contribution >= 4 is 34.3 Å². The van der Waals surface area contributed by atoms with Crippen molar-refractivity contribution in [3.63, 3.8) is 0 Å². The summed E-state index contributed by atoms with van der Waals surface area (Å²) in [5.74, 6) is -0.504. The SMILES string of the molecule is COc1ccc([N+](=O)[O-])cc1OC(=O)c1csc(-c2ccsc2)n1. The standard InChI is InChI=1S/C15H10N2O5S2/c1-21-12-3-2-10(17(19)20)6-13(12)22-15(18)11-8-24-14(16-11)9-4-5-23-7-9/h2-8H,1H3. The lowest BCUT2D eigenvalue weighted by Gasteiger charge is -2.07. The smallest absolute Gasteiger partial charge is 0.363 e. The molecule has 7 nitrogen and oxygen atoms in total. The molecule has 2 aromatic heterocycles. The largest absolute Gasteiger partial charge is 0.493 e. The van der Waals surface area contributed by atoms with E-state index in [9.17, 15) is 14.9 Å². The highest BCUT2D eigenvalue weighted by molar-refractivity contribution is 7.14. The van der Waals surface area contributed by atoms with E-state index >= 15 is 0 Å². The van der Waals surface area contributed by atoms with E-state index < -0.39 is 10.9 Å². The molecule has 122 valence electrons. The van der Waals surface area contributed by atoms with Gasteiger partial charge in [-0.1, -0.05) is 0 Å². The Bertz CT molecular complexity index is 889. The number of carbonyl (C=O) groups excluding carboxylic acids is 1. The molecule has 0 fully saturated rings. The number of carbonyl (C=O) groups is 1. The minimum Gasteiger partial charge on any atom is -0.493 e. The van der Waals surface area contributed by atoms with E-state index in [2.05, 4.69) is 4.98 Å². The Morgan fingerprint density at radius 1 is 1.25 bits per heavy atom. The zero-order valence-corrected chi connectivity index (χ0v) is 13.9. The Balaban J connectivity index is 1.84. The number of benzene rings is 1. The molecule has 1 aromatic carbocycles. The molecule has 0 radical (unpaired) electrons. The molecule has 0 unspecified atom stereocenters. The fourth-order valence-corrected chi connectivity index (χ4v) is 3.40. The fourth-order valence-electron chi connectivity index (χ4n) is 1.90. The second kappa shape index (κ2) is 6.77. The third-order valence-electron chi connectivity index (χ3n) is 3.04. The van der Waals surface area contributed by atoms with Gasteiger partial charge in [0.25, 0.3) is 5.69 Å².